The summed E-state index contributed by atoms with van der Waals surface area (Å²) in [7, 11) is 0. The molecular weight excluding hydrogens is 178 g/mol. The highest BCUT2D eigenvalue weighted by atomic mass is 15.0. The molecule has 3 N–H and O–H groups in total. The minimum Gasteiger partial charge on any atom is -0.381 e. The zero-order valence-electron chi connectivity index (χ0n) is 7.23. The maximum absolute atomic E-state index is 8.66. The van der Waals surface area contributed by atoms with Gasteiger partial charge in [0, 0.05) is 6.20 Å². The van der Waals surface area contributed by atoms with Gasteiger partial charge in [0.2, 0.25) is 0 Å². The van der Waals surface area contributed by atoms with Gasteiger partial charge in [-0.05, 0) is 12.1 Å². The van der Waals surface area contributed by atoms with Crippen LogP contribution in [-0.2, 0) is 0 Å². The molecule has 2 aromatic rings. The van der Waals surface area contributed by atoms with Gasteiger partial charge in [0.1, 0.15) is 11.8 Å². The van der Waals surface area contributed by atoms with E-state index in [2.05, 4.69) is 15.0 Å². The summed E-state index contributed by atoms with van der Waals surface area (Å²) in [6.45, 7) is 0. The summed E-state index contributed by atoms with van der Waals surface area (Å²) in [6, 6.07) is 7.35. The van der Waals surface area contributed by atoms with Crippen LogP contribution in [0.5, 0.6) is 0 Å². The van der Waals surface area contributed by atoms with Crippen LogP contribution in [-0.4, -0.2) is 15.0 Å². The number of aromatic nitrogens is 3. The van der Waals surface area contributed by atoms with Gasteiger partial charge in [0.25, 0.3) is 0 Å². The average Bonchev–Trinajstić information content (AvgIpc) is 2.61. The lowest BCUT2D eigenvalue weighted by molar-refractivity contribution is 1.22. The predicted octanol–water partition coefficient (Wildman–Crippen LogP) is 0.926. The normalized spacial score (nSPS) is 9.64. The van der Waals surface area contributed by atoms with Crippen molar-refractivity contribution in [3.05, 3.63) is 30.1 Å². The molecule has 0 aliphatic carbocycles. The first-order chi connectivity index (χ1) is 6.81. The van der Waals surface area contributed by atoms with Gasteiger partial charge in [-0.2, -0.15) is 5.26 Å². The summed E-state index contributed by atoms with van der Waals surface area (Å²) in [4.78, 5) is 10.9. The highest BCUT2D eigenvalue weighted by Crippen LogP contribution is 2.15. The summed E-state index contributed by atoms with van der Waals surface area (Å²) in [5.74, 6) is 0.716. The van der Waals surface area contributed by atoms with Crippen molar-refractivity contribution in [1.29, 1.82) is 5.26 Å². The van der Waals surface area contributed by atoms with E-state index < -0.39 is 0 Å². The molecule has 0 saturated carbocycles. The van der Waals surface area contributed by atoms with Gasteiger partial charge in [-0.25, -0.2) is 4.98 Å². The number of hydrogen-bond donors (Lipinski definition) is 2. The number of pyridine rings is 1. The van der Waals surface area contributed by atoms with E-state index in [1.54, 1.807) is 18.3 Å². The van der Waals surface area contributed by atoms with Crippen LogP contribution in [0.1, 0.15) is 5.69 Å². The second-order valence-corrected chi connectivity index (χ2v) is 2.67. The van der Waals surface area contributed by atoms with Crippen LogP contribution in [0, 0.1) is 11.3 Å². The molecule has 68 valence electrons. The molecule has 0 aromatic carbocycles. The van der Waals surface area contributed by atoms with Crippen molar-refractivity contribution in [2.24, 2.45) is 0 Å². The van der Waals surface area contributed by atoms with Crippen molar-refractivity contribution >= 4 is 5.82 Å². The Bertz CT molecular complexity index is 480. The second-order valence-electron chi connectivity index (χ2n) is 2.67. The number of hydrogen-bond acceptors (Lipinski definition) is 4. The van der Waals surface area contributed by atoms with Crippen LogP contribution in [0.2, 0.25) is 0 Å². The molecule has 0 bridgehead atoms. The standard InChI is InChI=1S/C9H7N5/c10-5-7-8(11)14-9(13-7)6-3-1-2-4-12-6/h1-4H,11H2,(H,13,14). The first kappa shape index (κ1) is 8.26. The van der Waals surface area contributed by atoms with Crippen LogP contribution >= 0.6 is 0 Å². The van der Waals surface area contributed by atoms with E-state index in [1.165, 1.54) is 0 Å². The third kappa shape index (κ3) is 1.29. The minimum atomic E-state index is 0.202. The van der Waals surface area contributed by atoms with Crippen molar-refractivity contribution in [1.82, 2.24) is 15.0 Å². The van der Waals surface area contributed by atoms with E-state index >= 15 is 0 Å². The molecule has 0 aliphatic heterocycles. The number of nitrogens with two attached hydrogens (primary N) is 1. The molecule has 2 rings (SSSR count). The van der Waals surface area contributed by atoms with E-state index in [1.807, 2.05) is 12.1 Å². The summed E-state index contributed by atoms with van der Waals surface area (Å²) in [5.41, 5.74) is 6.43. The molecule has 0 radical (unpaired) electrons. The van der Waals surface area contributed by atoms with Crippen molar-refractivity contribution < 1.29 is 0 Å². The lowest BCUT2D eigenvalue weighted by Gasteiger charge is -1.92. The maximum atomic E-state index is 8.66. The van der Waals surface area contributed by atoms with E-state index in [0.717, 1.165) is 0 Å². The molecule has 5 nitrogen and oxygen atoms in total. The number of anilines is 1. The first-order valence-electron chi connectivity index (χ1n) is 3.98. The fraction of sp³-hybridized carbons (Fsp3) is 0. The van der Waals surface area contributed by atoms with Crippen molar-refractivity contribution in [3.8, 4) is 17.6 Å². The Morgan fingerprint density at radius 1 is 1.43 bits per heavy atom. The van der Waals surface area contributed by atoms with Gasteiger partial charge in [-0.1, -0.05) is 6.07 Å². The van der Waals surface area contributed by atoms with Gasteiger partial charge in [-0.15, -0.1) is 0 Å². The van der Waals surface area contributed by atoms with Crippen molar-refractivity contribution in [2.75, 3.05) is 5.73 Å². The third-order valence-corrected chi connectivity index (χ3v) is 1.75. The summed E-state index contributed by atoms with van der Waals surface area (Å²) >= 11 is 0. The van der Waals surface area contributed by atoms with Gasteiger partial charge in [-0.3, -0.25) is 4.98 Å². The molecule has 14 heavy (non-hydrogen) atoms. The quantitative estimate of drug-likeness (QED) is 0.691. The second kappa shape index (κ2) is 3.18. The zero-order valence-corrected chi connectivity index (χ0v) is 7.23. The Hall–Kier alpha value is -2.35. The largest absolute Gasteiger partial charge is 0.381 e. The minimum absolute atomic E-state index is 0.202. The summed E-state index contributed by atoms with van der Waals surface area (Å²) in [5, 5.41) is 8.66. The molecule has 2 aromatic heterocycles. The third-order valence-electron chi connectivity index (χ3n) is 1.75. The van der Waals surface area contributed by atoms with Crippen LogP contribution in [0.15, 0.2) is 24.4 Å². The molecule has 0 fully saturated rings. The Balaban J connectivity index is 2.50. The average molecular weight is 185 g/mol. The Labute approximate surface area is 80.2 Å². The smallest absolute Gasteiger partial charge is 0.161 e. The van der Waals surface area contributed by atoms with Crippen molar-refractivity contribution in [2.45, 2.75) is 0 Å². The predicted molar refractivity (Wildman–Crippen MR) is 50.9 cm³/mol. The monoisotopic (exact) mass is 185 g/mol. The summed E-state index contributed by atoms with van der Waals surface area (Å²) in [6.07, 6.45) is 1.65. The number of nitrogen functional groups attached to an aromatic ring is 1. The fourth-order valence-corrected chi connectivity index (χ4v) is 1.10. The molecule has 0 amide bonds. The molecule has 0 atom stereocenters. The zero-order chi connectivity index (χ0) is 9.97. The van der Waals surface area contributed by atoms with Gasteiger partial charge in [0.15, 0.2) is 17.3 Å². The molecule has 0 unspecified atom stereocenters. The molecule has 2 heterocycles. The topological polar surface area (TPSA) is 91.4 Å². The molecule has 0 aliphatic rings. The van der Waals surface area contributed by atoms with Crippen LogP contribution in [0.4, 0.5) is 5.82 Å². The van der Waals surface area contributed by atoms with Gasteiger partial charge < -0.3 is 10.7 Å². The number of aromatic amines is 1. The van der Waals surface area contributed by atoms with Crippen molar-refractivity contribution in [3.63, 3.8) is 0 Å². The number of nitrogens with zero attached hydrogens (tertiary/aromatic N) is 3. The number of imidazole rings is 1. The van der Waals surface area contributed by atoms with Gasteiger partial charge in [0.05, 0.1) is 0 Å². The first-order valence-corrected chi connectivity index (χ1v) is 3.98. The lowest BCUT2D eigenvalue weighted by atomic mass is 10.3. The number of nitriles is 1. The van der Waals surface area contributed by atoms with Crippen LogP contribution in [0.25, 0.3) is 11.5 Å². The molecule has 0 spiro atoms. The van der Waals surface area contributed by atoms with E-state index in [0.29, 0.717) is 11.5 Å². The Morgan fingerprint density at radius 3 is 2.86 bits per heavy atom. The van der Waals surface area contributed by atoms with Crippen LogP contribution < -0.4 is 5.73 Å². The highest BCUT2D eigenvalue weighted by molar-refractivity contribution is 5.57. The number of nitrogens with one attached hydrogen (secondary N) is 1. The highest BCUT2D eigenvalue weighted by Gasteiger charge is 2.08. The summed E-state index contributed by atoms with van der Waals surface area (Å²) < 4.78 is 0. The molecule has 5 heteroatoms. The van der Waals surface area contributed by atoms with E-state index in [-0.39, 0.29) is 11.5 Å². The molecule has 0 saturated heterocycles. The lowest BCUT2D eigenvalue weighted by Crippen LogP contribution is -1.87. The Kier molecular flexibility index (Phi) is 1.88. The van der Waals surface area contributed by atoms with E-state index in [4.69, 9.17) is 11.0 Å². The number of rotatable bonds is 1. The van der Waals surface area contributed by atoms with Crippen LogP contribution in [0.3, 0.4) is 0 Å². The fourth-order valence-electron chi connectivity index (χ4n) is 1.10. The number of H-pyrrole nitrogens is 1. The maximum Gasteiger partial charge on any atom is 0.161 e. The van der Waals surface area contributed by atoms with E-state index in [9.17, 15) is 0 Å². The molecular formula is C9H7N5. The Morgan fingerprint density at radius 2 is 2.29 bits per heavy atom. The SMILES string of the molecule is N#Cc1[nH]c(-c2ccccn2)nc1N. The van der Waals surface area contributed by atoms with Gasteiger partial charge >= 0.3 is 0 Å².